The van der Waals surface area contributed by atoms with Crippen LogP contribution >= 0.6 is 0 Å². The number of anilines is 1. The summed E-state index contributed by atoms with van der Waals surface area (Å²) in [5, 5.41) is 14.4. The second-order valence-corrected chi connectivity index (χ2v) is 5.90. The Hall–Kier alpha value is -2.64. The molecule has 3 rings (SSSR count). The van der Waals surface area contributed by atoms with Gasteiger partial charge in [0.2, 0.25) is 0 Å². The fourth-order valence-electron chi connectivity index (χ4n) is 3.18. The third kappa shape index (κ3) is 3.04. The lowest BCUT2D eigenvalue weighted by Crippen LogP contribution is -2.47. The molecule has 1 amide bonds. The van der Waals surface area contributed by atoms with Crippen LogP contribution in [0.3, 0.4) is 0 Å². The van der Waals surface area contributed by atoms with Gasteiger partial charge < -0.3 is 14.8 Å². The van der Waals surface area contributed by atoms with Gasteiger partial charge in [0.15, 0.2) is 0 Å². The van der Waals surface area contributed by atoms with Crippen molar-refractivity contribution >= 4 is 11.6 Å². The van der Waals surface area contributed by atoms with Gasteiger partial charge in [-0.15, -0.1) is 5.10 Å². The predicted octanol–water partition coefficient (Wildman–Crippen LogP) is 1.99. The minimum Gasteiger partial charge on any atom is -0.497 e. The molecule has 1 aliphatic carbocycles. The van der Waals surface area contributed by atoms with Crippen molar-refractivity contribution in [2.75, 3.05) is 19.5 Å². The summed E-state index contributed by atoms with van der Waals surface area (Å²) in [4.78, 5) is 13.1. The number of rotatable bonds is 5. The number of amides is 1. The Morgan fingerprint density at radius 2 is 1.79 bits per heavy atom. The summed E-state index contributed by atoms with van der Waals surface area (Å²) < 4.78 is 12.1. The zero-order valence-corrected chi connectivity index (χ0v) is 13.9. The van der Waals surface area contributed by atoms with E-state index < -0.39 is 5.54 Å². The van der Waals surface area contributed by atoms with Gasteiger partial charge in [-0.2, -0.15) is 0 Å². The molecule has 24 heavy (non-hydrogen) atoms. The molecule has 0 bridgehead atoms. The van der Waals surface area contributed by atoms with Crippen molar-refractivity contribution in [1.29, 1.82) is 0 Å². The summed E-state index contributed by atoms with van der Waals surface area (Å²) in [7, 11) is 3.15. The van der Waals surface area contributed by atoms with Gasteiger partial charge in [0.05, 0.1) is 14.2 Å². The molecule has 0 radical (unpaired) electrons. The van der Waals surface area contributed by atoms with E-state index in [0.717, 1.165) is 19.3 Å². The van der Waals surface area contributed by atoms with Crippen LogP contribution in [0.5, 0.6) is 11.5 Å². The lowest BCUT2D eigenvalue weighted by atomic mass is 9.81. The fourth-order valence-corrected chi connectivity index (χ4v) is 3.18. The number of benzene rings is 1. The molecule has 128 valence electrons. The third-order valence-corrected chi connectivity index (χ3v) is 4.50. The van der Waals surface area contributed by atoms with E-state index in [-0.39, 0.29) is 5.91 Å². The predicted molar refractivity (Wildman–Crippen MR) is 87.1 cm³/mol. The molecule has 8 heteroatoms. The Bertz CT molecular complexity index is 673. The van der Waals surface area contributed by atoms with Crippen LogP contribution in [0.25, 0.3) is 0 Å². The molecule has 2 aromatic rings. The van der Waals surface area contributed by atoms with E-state index in [4.69, 9.17) is 9.47 Å². The second-order valence-electron chi connectivity index (χ2n) is 5.90. The summed E-state index contributed by atoms with van der Waals surface area (Å²) in [5.74, 6) is 1.11. The first kappa shape index (κ1) is 16.2. The van der Waals surface area contributed by atoms with E-state index in [1.54, 1.807) is 37.1 Å². The van der Waals surface area contributed by atoms with Crippen molar-refractivity contribution in [3.05, 3.63) is 24.5 Å². The summed E-state index contributed by atoms with van der Waals surface area (Å²) in [6.07, 6.45) is 5.99. The number of nitrogens with zero attached hydrogens (tertiary/aromatic N) is 4. The molecule has 0 atom stereocenters. The number of hydrogen-bond acceptors (Lipinski definition) is 6. The molecule has 1 aliphatic rings. The van der Waals surface area contributed by atoms with Crippen molar-refractivity contribution < 1.29 is 14.3 Å². The van der Waals surface area contributed by atoms with Crippen LogP contribution in [0.2, 0.25) is 0 Å². The summed E-state index contributed by atoms with van der Waals surface area (Å²) in [6, 6.07) is 5.28. The Balaban J connectivity index is 1.89. The molecule has 8 nitrogen and oxygen atoms in total. The normalized spacial score (nSPS) is 16.4. The van der Waals surface area contributed by atoms with Crippen LogP contribution in [-0.4, -0.2) is 40.3 Å². The molecule has 0 saturated heterocycles. The van der Waals surface area contributed by atoms with Gasteiger partial charge in [-0.05, 0) is 23.3 Å². The highest BCUT2D eigenvalue weighted by atomic mass is 16.5. The maximum Gasteiger partial charge on any atom is 0.252 e. The highest BCUT2D eigenvalue weighted by molar-refractivity contribution is 5.97. The Labute approximate surface area is 140 Å². The molecule has 1 aromatic carbocycles. The summed E-state index contributed by atoms with van der Waals surface area (Å²) in [6.45, 7) is 0. The highest BCUT2D eigenvalue weighted by Crippen LogP contribution is 2.36. The van der Waals surface area contributed by atoms with Crippen LogP contribution in [0.4, 0.5) is 5.69 Å². The molecule has 1 N–H and O–H groups in total. The van der Waals surface area contributed by atoms with Crippen molar-refractivity contribution in [2.45, 2.75) is 37.6 Å². The molecule has 1 heterocycles. The SMILES string of the molecule is COc1cc(NC(=O)C2(n3cnnn3)CCCCC2)cc(OC)c1. The molecule has 1 aromatic heterocycles. The van der Waals surface area contributed by atoms with Crippen LogP contribution in [-0.2, 0) is 10.3 Å². The third-order valence-electron chi connectivity index (χ3n) is 4.50. The fraction of sp³-hybridized carbons (Fsp3) is 0.500. The molecule has 0 spiro atoms. The van der Waals surface area contributed by atoms with Crippen LogP contribution in [0, 0.1) is 0 Å². The average molecular weight is 331 g/mol. The average Bonchev–Trinajstić information content (AvgIpc) is 3.17. The zero-order valence-electron chi connectivity index (χ0n) is 13.9. The number of carbonyl (C=O) groups is 1. The number of tetrazole rings is 1. The van der Waals surface area contributed by atoms with Crippen molar-refractivity contribution in [3.63, 3.8) is 0 Å². The van der Waals surface area contributed by atoms with E-state index in [9.17, 15) is 4.79 Å². The molecule has 1 saturated carbocycles. The lowest BCUT2D eigenvalue weighted by Gasteiger charge is -2.35. The number of hydrogen-bond donors (Lipinski definition) is 1. The van der Waals surface area contributed by atoms with Gasteiger partial charge in [0.25, 0.3) is 5.91 Å². The first-order chi connectivity index (χ1) is 11.7. The van der Waals surface area contributed by atoms with Gasteiger partial charge in [0.1, 0.15) is 23.4 Å². The Morgan fingerprint density at radius 3 is 2.33 bits per heavy atom. The van der Waals surface area contributed by atoms with Crippen molar-refractivity contribution in [1.82, 2.24) is 20.2 Å². The van der Waals surface area contributed by atoms with E-state index in [1.807, 2.05) is 0 Å². The molecule has 0 aliphatic heterocycles. The quantitative estimate of drug-likeness (QED) is 0.901. The first-order valence-electron chi connectivity index (χ1n) is 7.96. The highest BCUT2D eigenvalue weighted by Gasteiger charge is 2.42. The van der Waals surface area contributed by atoms with Gasteiger partial charge >= 0.3 is 0 Å². The summed E-state index contributed by atoms with van der Waals surface area (Å²) in [5.41, 5.74) is -0.132. The number of aromatic nitrogens is 4. The van der Waals surface area contributed by atoms with Gasteiger partial charge in [0, 0.05) is 23.9 Å². The van der Waals surface area contributed by atoms with Crippen LogP contribution in [0.1, 0.15) is 32.1 Å². The van der Waals surface area contributed by atoms with E-state index in [2.05, 4.69) is 20.8 Å². The van der Waals surface area contributed by atoms with Gasteiger partial charge in [-0.25, -0.2) is 4.68 Å². The zero-order chi connectivity index (χ0) is 17.0. The molecule has 1 fully saturated rings. The number of carbonyl (C=O) groups excluding carboxylic acids is 1. The smallest absolute Gasteiger partial charge is 0.252 e. The minimum absolute atomic E-state index is 0.121. The minimum atomic E-state index is -0.752. The monoisotopic (exact) mass is 331 g/mol. The maximum atomic E-state index is 13.1. The van der Waals surface area contributed by atoms with Crippen LogP contribution < -0.4 is 14.8 Å². The van der Waals surface area contributed by atoms with Crippen LogP contribution in [0.15, 0.2) is 24.5 Å². The number of ether oxygens (including phenoxy) is 2. The van der Waals surface area contributed by atoms with Gasteiger partial charge in [-0.3, -0.25) is 4.79 Å². The lowest BCUT2D eigenvalue weighted by molar-refractivity contribution is -0.126. The van der Waals surface area contributed by atoms with E-state index in [1.165, 1.54) is 6.33 Å². The molecular formula is C16H21N5O3. The van der Waals surface area contributed by atoms with E-state index in [0.29, 0.717) is 30.0 Å². The van der Waals surface area contributed by atoms with E-state index >= 15 is 0 Å². The standard InChI is InChI=1S/C16H21N5O3/c1-23-13-8-12(9-14(10-13)24-2)18-15(22)16(6-4-3-5-7-16)21-11-17-19-20-21/h8-11H,3-7H2,1-2H3,(H,18,22). The maximum absolute atomic E-state index is 13.1. The second kappa shape index (κ2) is 6.86. The number of nitrogens with one attached hydrogen (secondary N) is 1. The molecular weight excluding hydrogens is 310 g/mol. The first-order valence-corrected chi connectivity index (χ1v) is 7.96. The van der Waals surface area contributed by atoms with Crippen molar-refractivity contribution in [3.8, 4) is 11.5 Å². The topological polar surface area (TPSA) is 91.2 Å². The Kier molecular flexibility index (Phi) is 4.64. The largest absolute Gasteiger partial charge is 0.497 e. The number of methoxy groups -OCH3 is 2. The summed E-state index contributed by atoms with van der Waals surface area (Å²) >= 11 is 0. The van der Waals surface area contributed by atoms with Crippen molar-refractivity contribution in [2.24, 2.45) is 0 Å². The molecule has 0 unspecified atom stereocenters. The Morgan fingerprint density at radius 1 is 1.12 bits per heavy atom. The van der Waals surface area contributed by atoms with Gasteiger partial charge in [-0.1, -0.05) is 19.3 Å².